The molecule has 0 atom stereocenters. The van der Waals surface area contributed by atoms with E-state index >= 15 is 0 Å². The summed E-state index contributed by atoms with van der Waals surface area (Å²) in [5.41, 5.74) is 1.90. The van der Waals surface area contributed by atoms with Crippen LogP contribution in [0.5, 0.6) is 5.75 Å². The van der Waals surface area contributed by atoms with E-state index in [1.54, 1.807) is 0 Å². The molecule has 2 aromatic carbocycles. The van der Waals surface area contributed by atoms with Gasteiger partial charge in [-0.15, -0.1) is 0 Å². The summed E-state index contributed by atoms with van der Waals surface area (Å²) in [6, 6.07) is 13.6. The highest BCUT2D eigenvalue weighted by Gasteiger charge is 2.13. The van der Waals surface area contributed by atoms with Crippen LogP contribution in [0.25, 0.3) is 0 Å². The second-order valence-electron chi connectivity index (χ2n) is 5.76. The molecule has 0 spiro atoms. The van der Waals surface area contributed by atoms with E-state index in [4.69, 9.17) is 4.74 Å². The molecule has 0 aliphatic rings. The summed E-state index contributed by atoms with van der Waals surface area (Å²) in [5.74, 6) is 0.145. The quantitative estimate of drug-likeness (QED) is 0.705. The Labute approximate surface area is 154 Å². The smallest absolute Gasteiger partial charge is 0.262 e. The lowest BCUT2D eigenvalue weighted by Gasteiger charge is -2.09. The van der Waals surface area contributed by atoms with Gasteiger partial charge < -0.3 is 10.1 Å². The Kier molecular flexibility index (Phi) is 7.17. The number of benzene rings is 2. The van der Waals surface area contributed by atoms with E-state index in [0.717, 1.165) is 12.8 Å². The second kappa shape index (κ2) is 9.35. The number of ether oxygens (including phenoxy) is 1. The van der Waals surface area contributed by atoms with E-state index in [0.29, 0.717) is 18.0 Å². The molecule has 0 aromatic heterocycles. The lowest BCUT2D eigenvalue weighted by molar-refractivity contribution is -0.118. The van der Waals surface area contributed by atoms with Gasteiger partial charge in [0.05, 0.1) is 4.90 Å². The normalized spacial score (nSPS) is 11.2. The Balaban J connectivity index is 1.87. The van der Waals surface area contributed by atoms with Crippen LogP contribution in [0, 0.1) is 0 Å². The molecule has 2 aromatic rings. The lowest BCUT2D eigenvalue weighted by Crippen LogP contribution is -2.24. The molecule has 0 aliphatic carbocycles. The van der Waals surface area contributed by atoms with E-state index in [1.807, 2.05) is 31.2 Å². The highest BCUT2D eigenvalue weighted by Crippen LogP contribution is 2.16. The standard InChI is InChI=1S/C19H24N2O4S/c1-3-13-20-26(23,24)18-11-9-17(10-12-18)25-14-19(22)21-16-7-5-15(4-2)6-8-16/h5-12,20H,3-4,13-14H2,1-2H3,(H,21,22). The van der Waals surface area contributed by atoms with Crippen LogP contribution in [0.3, 0.4) is 0 Å². The molecule has 140 valence electrons. The minimum Gasteiger partial charge on any atom is -0.484 e. The van der Waals surface area contributed by atoms with Crippen molar-refractivity contribution in [2.24, 2.45) is 0 Å². The van der Waals surface area contributed by atoms with Crippen LogP contribution in [0.2, 0.25) is 0 Å². The number of rotatable bonds is 9. The first-order chi connectivity index (χ1) is 12.4. The Bertz CT molecular complexity index is 816. The average Bonchev–Trinajstić information content (AvgIpc) is 2.66. The van der Waals surface area contributed by atoms with Gasteiger partial charge in [0.25, 0.3) is 5.91 Å². The zero-order chi connectivity index (χ0) is 19.0. The van der Waals surface area contributed by atoms with E-state index in [-0.39, 0.29) is 17.4 Å². The van der Waals surface area contributed by atoms with Crippen LogP contribution < -0.4 is 14.8 Å². The van der Waals surface area contributed by atoms with Crippen molar-refractivity contribution in [1.29, 1.82) is 0 Å². The van der Waals surface area contributed by atoms with E-state index in [1.165, 1.54) is 29.8 Å². The molecule has 0 heterocycles. The Hall–Kier alpha value is -2.38. The van der Waals surface area contributed by atoms with Crippen molar-refractivity contribution in [1.82, 2.24) is 4.72 Å². The zero-order valence-corrected chi connectivity index (χ0v) is 15.8. The summed E-state index contributed by atoms with van der Waals surface area (Å²) in [7, 11) is -3.50. The van der Waals surface area contributed by atoms with Crippen LogP contribution >= 0.6 is 0 Å². The van der Waals surface area contributed by atoms with Crippen molar-refractivity contribution < 1.29 is 17.9 Å². The first-order valence-corrected chi connectivity index (χ1v) is 10.0. The second-order valence-corrected chi connectivity index (χ2v) is 7.52. The highest BCUT2D eigenvalue weighted by molar-refractivity contribution is 7.89. The Morgan fingerprint density at radius 1 is 1.00 bits per heavy atom. The third-order valence-electron chi connectivity index (χ3n) is 3.69. The number of aryl methyl sites for hydroxylation is 1. The van der Waals surface area contributed by atoms with Crippen LogP contribution in [0.1, 0.15) is 25.8 Å². The summed E-state index contributed by atoms with van der Waals surface area (Å²) in [6.45, 7) is 4.19. The monoisotopic (exact) mass is 376 g/mol. The summed E-state index contributed by atoms with van der Waals surface area (Å²) in [6.07, 6.45) is 1.66. The Morgan fingerprint density at radius 3 is 2.23 bits per heavy atom. The highest BCUT2D eigenvalue weighted by atomic mass is 32.2. The number of sulfonamides is 1. The molecule has 0 saturated carbocycles. The topological polar surface area (TPSA) is 84.5 Å². The van der Waals surface area contributed by atoms with Gasteiger partial charge in [0.2, 0.25) is 10.0 Å². The summed E-state index contributed by atoms with van der Waals surface area (Å²) >= 11 is 0. The molecule has 0 aliphatic heterocycles. The van der Waals surface area contributed by atoms with Gasteiger partial charge in [0.15, 0.2) is 6.61 Å². The maximum Gasteiger partial charge on any atom is 0.262 e. The van der Waals surface area contributed by atoms with E-state index in [9.17, 15) is 13.2 Å². The first kappa shape index (κ1) is 19.9. The molecular weight excluding hydrogens is 352 g/mol. The third-order valence-corrected chi connectivity index (χ3v) is 5.17. The summed E-state index contributed by atoms with van der Waals surface area (Å²) in [5, 5.41) is 2.75. The van der Waals surface area contributed by atoms with Gasteiger partial charge in [0, 0.05) is 12.2 Å². The molecule has 2 rings (SSSR count). The van der Waals surface area contributed by atoms with Crippen molar-refractivity contribution in [2.75, 3.05) is 18.5 Å². The van der Waals surface area contributed by atoms with Gasteiger partial charge >= 0.3 is 0 Å². The maximum atomic E-state index is 12.0. The predicted molar refractivity (Wildman–Crippen MR) is 102 cm³/mol. The maximum absolute atomic E-state index is 12.0. The van der Waals surface area contributed by atoms with Gasteiger partial charge in [-0.1, -0.05) is 26.0 Å². The van der Waals surface area contributed by atoms with Crippen LogP contribution in [0.4, 0.5) is 5.69 Å². The van der Waals surface area contributed by atoms with Crippen molar-refractivity contribution in [3.05, 3.63) is 54.1 Å². The van der Waals surface area contributed by atoms with Gasteiger partial charge in [-0.3, -0.25) is 4.79 Å². The molecule has 0 unspecified atom stereocenters. The SMILES string of the molecule is CCCNS(=O)(=O)c1ccc(OCC(=O)Nc2ccc(CC)cc2)cc1. The largest absolute Gasteiger partial charge is 0.484 e. The molecule has 2 N–H and O–H groups in total. The molecule has 0 radical (unpaired) electrons. The van der Waals surface area contributed by atoms with Crippen LogP contribution in [-0.2, 0) is 21.2 Å². The van der Waals surface area contributed by atoms with Crippen LogP contribution in [-0.4, -0.2) is 27.5 Å². The number of hydrogen-bond donors (Lipinski definition) is 2. The molecule has 26 heavy (non-hydrogen) atoms. The predicted octanol–water partition coefficient (Wildman–Crippen LogP) is 2.95. The fourth-order valence-electron chi connectivity index (χ4n) is 2.20. The average molecular weight is 376 g/mol. The number of hydrogen-bond acceptors (Lipinski definition) is 4. The summed E-state index contributed by atoms with van der Waals surface area (Å²) in [4.78, 5) is 12.1. The van der Waals surface area contributed by atoms with Crippen LogP contribution in [0.15, 0.2) is 53.4 Å². The van der Waals surface area contributed by atoms with Gasteiger partial charge in [-0.05, 0) is 54.8 Å². The third kappa shape index (κ3) is 5.86. The number of amides is 1. The van der Waals surface area contributed by atoms with Gasteiger partial charge in [0.1, 0.15) is 5.75 Å². The fourth-order valence-corrected chi connectivity index (χ4v) is 3.34. The zero-order valence-electron chi connectivity index (χ0n) is 15.0. The van der Waals surface area contributed by atoms with Crippen molar-refractivity contribution in [3.8, 4) is 5.75 Å². The molecule has 1 amide bonds. The lowest BCUT2D eigenvalue weighted by atomic mass is 10.1. The minimum atomic E-state index is -3.50. The number of anilines is 1. The van der Waals surface area contributed by atoms with Crippen molar-refractivity contribution in [2.45, 2.75) is 31.6 Å². The Morgan fingerprint density at radius 2 is 1.65 bits per heavy atom. The van der Waals surface area contributed by atoms with Crippen molar-refractivity contribution in [3.63, 3.8) is 0 Å². The number of carbonyl (C=O) groups excluding carboxylic acids is 1. The molecule has 0 bridgehead atoms. The first-order valence-electron chi connectivity index (χ1n) is 8.56. The van der Waals surface area contributed by atoms with Crippen molar-refractivity contribution >= 4 is 21.6 Å². The summed E-state index contributed by atoms with van der Waals surface area (Å²) < 4.78 is 31.9. The van der Waals surface area contributed by atoms with E-state index in [2.05, 4.69) is 17.0 Å². The minimum absolute atomic E-state index is 0.157. The van der Waals surface area contributed by atoms with Gasteiger partial charge in [-0.25, -0.2) is 13.1 Å². The molecule has 0 fully saturated rings. The number of carbonyl (C=O) groups is 1. The molecular formula is C19H24N2O4S. The fraction of sp³-hybridized carbons (Fsp3) is 0.316. The molecule has 7 heteroatoms. The number of nitrogens with one attached hydrogen (secondary N) is 2. The van der Waals surface area contributed by atoms with E-state index < -0.39 is 10.0 Å². The molecule has 0 saturated heterocycles. The van der Waals surface area contributed by atoms with Gasteiger partial charge in [-0.2, -0.15) is 0 Å². The molecule has 6 nitrogen and oxygen atoms in total.